The van der Waals surface area contributed by atoms with Gasteiger partial charge in [-0.15, -0.1) is 0 Å². The van der Waals surface area contributed by atoms with E-state index in [4.69, 9.17) is 4.74 Å². The van der Waals surface area contributed by atoms with E-state index in [1.807, 2.05) is 0 Å². The molecule has 21 heavy (non-hydrogen) atoms. The first-order chi connectivity index (χ1) is 10.2. The second kappa shape index (κ2) is 8.50. The van der Waals surface area contributed by atoms with Crippen LogP contribution in [0.25, 0.3) is 0 Å². The largest absolute Gasteiger partial charge is 0.378 e. The van der Waals surface area contributed by atoms with Gasteiger partial charge in [0.25, 0.3) is 0 Å². The van der Waals surface area contributed by atoms with E-state index in [-0.39, 0.29) is 0 Å². The van der Waals surface area contributed by atoms with E-state index in [9.17, 15) is 0 Å². The zero-order valence-corrected chi connectivity index (χ0v) is 14.6. The zero-order chi connectivity index (χ0) is 15.2. The van der Waals surface area contributed by atoms with Gasteiger partial charge in [0.2, 0.25) is 0 Å². The fourth-order valence-corrected chi connectivity index (χ4v) is 4.30. The molecule has 1 aliphatic carbocycles. The molecule has 1 saturated heterocycles. The molecule has 0 bridgehead atoms. The number of ether oxygens (including phenoxy) is 1. The molecule has 124 valence electrons. The summed E-state index contributed by atoms with van der Waals surface area (Å²) in [6.45, 7) is 13.6. The second-order valence-electron chi connectivity index (χ2n) is 7.24. The highest BCUT2D eigenvalue weighted by Crippen LogP contribution is 2.34. The number of likely N-dealkylation sites (N-methyl/N-ethyl adjacent to an activating group) is 1. The van der Waals surface area contributed by atoms with Gasteiger partial charge in [-0.2, -0.15) is 0 Å². The predicted octanol–water partition coefficient (Wildman–Crippen LogP) is 3.29. The molecule has 3 heteroatoms. The van der Waals surface area contributed by atoms with E-state index >= 15 is 0 Å². The van der Waals surface area contributed by atoms with E-state index in [2.05, 4.69) is 37.9 Å². The molecule has 2 rings (SSSR count). The van der Waals surface area contributed by atoms with Crippen molar-refractivity contribution in [2.45, 2.75) is 78.0 Å². The van der Waals surface area contributed by atoms with Crippen LogP contribution < -0.4 is 5.32 Å². The number of hydrogen-bond donors (Lipinski definition) is 1. The summed E-state index contributed by atoms with van der Waals surface area (Å²) in [6, 6.07) is 1.45. The van der Waals surface area contributed by atoms with Gasteiger partial charge in [-0.25, -0.2) is 0 Å². The molecule has 2 aliphatic rings. The van der Waals surface area contributed by atoms with Crippen LogP contribution in [-0.2, 0) is 4.74 Å². The lowest BCUT2D eigenvalue weighted by atomic mass is 9.76. The second-order valence-corrected chi connectivity index (χ2v) is 7.24. The molecule has 1 heterocycles. The highest BCUT2D eigenvalue weighted by molar-refractivity contribution is 4.93. The Kier molecular flexibility index (Phi) is 6.97. The van der Waals surface area contributed by atoms with E-state index in [1.165, 1.54) is 45.2 Å². The summed E-state index contributed by atoms with van der Waals surface area (Å²) in [7, 11) is 0. The van der Waals surface area contributed by atoms with Crippen molar-refractivity contribution in [3.63, 3.8) is 0 Å². The van der Waals surface area contributed by atoms with Crippen molar-refractivity contribution in [1.29, 1.82) is 0 Å². The molecule has 0 aromatic heterocycles. The van der Waals surface area contributed by atoms with Crippen LogP contribution in [0.1, 0.15) is 59.8 Å². The first-order valence-corrected chi connectivity index (χ1v) is 9.24. The summed E-state index contributed by atoms with van der Waals surface area (Å²) in [6.07, 6.45) is 7.08. The van der Waals surface area contributed by atoms with Gasteiger partial charge in [0.1, 0.15) is 0 Å². The summed E-state index contributed by atoms with van der Waals surface area (Å²) in [4.78, 5) is 2.76. The summed E-state index contributed by atoms with van der Waals surface area (Å²) >= 11 is 0. The van der Waals surface area contributed by atoms with Gasteiger partial charge >= 0.3 is 0 Å². The lowest BCUT2D eigenvalue weighted by Crippen LogP contribution is -2.56. The topological polar surface area (TPSA) is 24.5 Å². The maximum atomic E-state index is 5.81. The number of nitrogens with zero attached hydrogens (tertiary/aromatic N) is 1. The summed E-state index contributed by atoms with van der Waals surface area (Å²) in [5, 5.41) is 3.75. The number of rotatable bonds is 6. The first kappa shape index (κ1) is 17.2. The Bertz CT molecular complexity index is 287. The van der Waals surface area contributed by atoms with Gasteiger partial charge in [0, 0.05) is 31.8 Å². The monoisotopic (exact) mass is 296 g/mol. The Hall–Kier alpha value is -0.120. The molecule has 0 aromatic rings. The SMILES string of the molecule is CCNC1CCC(C(C)C)CC1N1CCC(OCC)CC1. The normalized spacial score (nSPS) is 32.7. The van der Waals surface area contributed by atoms with Gasteiger partial charge in [-0.3, -0.25) is 4.90 Å². The van der Waals surface area contributed by atoms with Crippen LogP contribution in [0.2, 0.25) is 0 Å². The maximum Gasteiger partial charge on any atom is 0.0599 e. The van der Waals surface area contributed by atoms with Crippen LogP contribution in [0, 0.1) is 11.8 Å². The van der Waals surface area contributed by atoms with Crippen molar-refractivity contribution in [3.8, 4) is 0 Å². The molecule has 0 spiro atoms. The van der Waals surface area contributed by atoms with Crippen molar-refractivity contribution < 1.29 is 4.74 Å². The molecular formula is C18H36N2O. The summed E-state index contributed by atoms with van der Waals surface area (Å²) in [5.41, 5.74) is 0. The molecule has 1 N–H and O–H groups in total. The van der Waals surface area contributed by atoms with Gasteiger partial charge in [0.15, 0.2) is 0 Å². The van der Waals surface area contributed by atoms with Crippen LogP contribution in [-0.4, -0.2) is 49.3 Å². The summed E-state index contributed by atoms with van der Waals surface area (Å²) in [5.74, 6) is 1.74. The molecule has 0 amide bonds. The van der Waals surface area contributed by atoms with Crippen LogP contribution in [0.5, 0.6) is 0 Å². The lowest BCUT2D eigenvalue weighted by Gasteiger charge is -2.46. The van der Waals surface area contributed by atoms with Gasteiger partial charge in [-0.05, 0) is 57.4 Å². The Balaban J connectivity index is 1.93. The smallest absolute Gasteiger partial charge is 0.0599 e. The highest BCUT2D eigenvalue weighted by atomic mass is 16.5. The van der Waals surface area contributed by atoms with Crippen LogP contribution in [0.3, 0.4) is 0 Å². The van der Waals surface area contributed by atoms with Crippen molar-refractivity contribution in [1.82, 2.24) is 10.2 Å². The van der Waals surface area contributed by atoms with Crippen molar-refractivity contribution in [2.24, 2.45) is 11.8 Å². The number of piperidine rings is 1. The average molecular weight is 296 g/mol. The third-order valence-corrected chi connectivity index (χ3v) is 5.61. The summed E-state index contributed by atoms with van der Waals surface area (Å²) < 4.78 is 5.81. The number of likely N-dealkylation sites (tertiary alicyclic amines) is 1. The van der Waals surface area contributed by atoms with Crippen LogP contribution in [0.4, 0.5) is 0 Å². The van der Waals surface area contributed by atoms with Crippen molar-refractivity contribution >= 4 is 0 Å². The van der Waals surface area contributed by atoms with E-state index in [0.717, 1.165) is 31.0 Å². The van der Waals surface area contributed by atoms with Gasteiger partial charge in [0.05, 0.1) is 6.10 Å². The van der Waals surface area contributed by atoms with E-state index < -0.39 is 0 Å². The fraction of sp³-hybridized carbons (Fsp3) is 1.00. The quantitative estimate of drug-likeness (QED) is 0.814. The molecule has 3 atom stereocenters. The van der Waals surface area contributed by atoms with E-state index in [1.54, 1.807) is 0 Å². The molecule has 0 radical (unpaired) electrons. The molecule has 3 nitrogen and oxygen atoms in total. The molecule has 1 saturated carbocycles. The van der Waals surface area contributed by atoms with Crippen molar-refractivity contribution in [3.05, 3.63) is 0 Å². The predicted molar refractivity (Wildman–Crippen MR) is 89.7 cm³/mol. The third-order valence-electron chi connectivity index (χ3n) is 5.61. The van der Waals surface area contributed by atoms with Gasteiger partial charge < -0.3 is 10.1 Å². The van der Waals surface area contributed by atoms with E-state index in [0.29, 0.717) is 12.1 Å². The Morgan fingerprint density at radius 3 is 2.38 bits per heavy atom. The van der Waals surface area contributed by atoms with Gasteiger partial charge in [-0.1, -0.05) is 20.8 Å². The fourth-order valence-electron chi connectivity index (χ4n) is 4.30. The average Bonchev–Trinajstić information content (AvgIpc) is 2.49. The Morgan fingerprint density at radius 2 is 1.81 bits per heavy atom. The van der Waals surface area contributed by atoms with Crippen molar-refractivity contribution in [2.75, 3.05) is 26.2 Å². The molecule has 1 aliphatic heterocycles. The minimum Gasteiger partial charge on any atom is -0.378 e. The number of hydrogen-bond acceptors (Lipinski definition) is 3. The maximum absolute atomic E-state index is 5.81. The zero-order valence-electron chi connectivity index (χ0n) is 14.6. The minimum atomic E-state index is 0.508. The third kappa shape index (κ3) is 4.67. The highest BCUT2D eigenvalue weighted by Gasteiger charge is 2.36. The molecule has 2 fully saturated rings. The Labute approximate surface area is 131 Å². The number of nitrogens with one attached hydrogen (secondary N) is 1. The Morgan fingerprint density at radius 1 is 1.10 bits per heavy atom. The van der Waals surface area contributed by atoms with Crippen LogP contribution in [0.15, 0.2) is 0 Å². The minimum absolute atomic E-state index is 0.508. The molecular weight excluding hydrogens is 260 g/mol. The molecule has 0 aromatic carbocycles. The molecule has 3 unspecified atom stereocenters. The first-order valence-electron chi connectivity index (χ1n) is 9.24. The lowest BCUT2D eigenvalue weighted by molar-refractivity contribution is -0.0117. The standard InChI is InChI=1S/C18H36N2O/c1-5-19-17-8-7-15(14(3)4)13-18(17)20-11-9-16(10-12-20)21-6-2/h14-19H,5-13H2,1-4H3. The van der Waals surface area contributed by atoms with Crippen LogP contribution >= 0.6 is 0 Å².